The molecule has 0 unspecified atom stereocenters. The fraction of sp³-hybridized carbons (Fsp3) is 0.304. The molecule has 6 nitrogen and oxygen atoms in total. The van der Waals surface area contributed by atoms with Gasteiger partial charge in [0.2, 0.25) is 0 Å². The lowest BCUT2D eigenvalue weighted by Crippen LogP contribution is -2.29. The third-order valence-electron chi connectivity index (χ3n) is 4.48. The molecule has 0 radical (unpaired) electrons. The number of halogens is 1. The van der Waals surface area contributed by atoms with Gasteiger partial charge in [-0.1, -0.05) is 18.2 Å². The number of benzene rings is 2. The van der Waals surface area contributed by atoms with Crippen LogP contribution in [-0.4, -0.2) is 42.9 Å². The fourth-order valence-electron chi connectivity index (χ4n) is 2.95. The summed E-state index contributed by atoms with van der Waals surface area (Å²) in [5.74, 6) is 0.459. The van der Waals surface area contributed by atoms with Gasteiger partial charge in [0.25, 0.3) is 11.1 Å². The van der Waals surface area contributed by atoms with Crippen molar-refractivity contribution in [2.24, 2.45) is 0 Å². The van der Waals surface area contributed by atoms with Gasteiger partial charge < -0.3 is 14.2 Å². The van der Waals surface area contributed by atoms with Crippen LogP contribution < -0.4 is 9.47 Å². The van der Waals surface area contributed by atoms with E-state index >= 15 is 0 Å². The number of carbonyl (C=O) groups is 2. The van der Waals surface area contributed by atoms with Gasteiger partial charge in [0, 0.05) is 20.3 Å². The van der Waals surface area contributed by atoms with Crippen LogP contribution in [0.1, 0.15) is 24.5 Å². The van der Waals surface area contributed by atoms with Crippen molar-refractivity contribution in [1.29, 1.82) is 0 Å². The summed E-state index contributed by atoms with van der Waals surface area (Å²) in [5, 5.41) is -0.281. The Balaban J connectivity index is 1.73. The van der Waals surface area contributed by atoms with Crippen LogP contribution in [0.5, 0.6) is 11.5 Å². The minimum absolute atomic E-state index is 0.264. The molecule has 0 bridgehead atoms. The molecule has 8 heteroatoms. The Hall–Kier alpha value is -2.84. The number of hydrogen-bond acceptors (Lipinski definition) is 6. The quantitative estimate of drug-likeness (QED) is 0.384. The zero-order valence-electron chi connectivity index (χ0n) is 17.4. The first kappa shape index (κ1) is 22.8. The summed E-state index contributed by atoms with van der Waals surface area (Å²) in [5.41, 5.74) is 1.55. The molecule has 2 aromatic rings. The molecule has 3 rings (SSSR count). The highest BCUT2D eigenvalue weighted by Crippen LogP contribution is 2.35. The number of methoxy groups -OCH3 is 1. The van der Waals surface area contributed by atoms with Gasteiger partial charge in [-0.25, -0.2) is 4.39 Å². The van der Waals surface area contributed by atoms with Crippen LogP contribution in [0.4, 0.5) is 9.18 Å². The van der Waals surface area contributed by atoms with E-state index in [2.05, 4.69) is 0 Å². The van der Waals surface area contributed by atoms with Crippen molar-refractivity contribution in [3.05, 3.63) is 64.3 Å². The summed E-state index contributed by atoms with van der Waals surface area (Å²) in [6.07, 6.45) is 2.27. The van der Waals surface area contributed by atoms with Gasteiger partial charge in [-0.2, -0.15) is 0 Å². The second-order valence-corrected chi connectivity index (χ2v) is 7.73. The first-order chi connectivity index (χ1) is 15.0. The third-order valence-corrected chi connectivity index (χ3v) is 5.38. The fourth-order valence-corrected chi connectivity index (χ4v) is 3.82. The number of hydrogen-bond donors (Lipinski definition) is 0. The van der Waals surface area contributed by atoms with Crippen LogP contribution in [-0.2, 0) is 16.1 Å². The van der Waals surface area contributed by atoms with Crippen LogP contribution in [0, 0.1) is 5.82 Å². The molecule has 1 saturated heterocycles. The molecular formula is C23H24FNO5S. The maximum atomic E-state index is 13.1. The molecule has 1 heterocycles. The van der Waals surface area contributed by atoms with Crippen molar-refractivity contribution >= 4 is 29.0 Å². The molecular weight excluding hydrogens is 421 g/mol. The van der Waals surface area contributed by atoms with Gasteiger partial charge in [0.1, 0.15) is 12.4 Å². The van der Waals surface area contributed by atoms with Crippen LogP contribution >= 0.6 is 11.8 Å². The summed E-state index contributed by atoms with van der Waals surface area (Å²) >= 11 is 0.922. The maximum Gasteiger partial charge on any atom is 0.293 e. The molecule has 1 aliphatic heterocycles. The number of ether oxygens (including phenoxy) is 3. The molecule has 164 valence electrons. The monoisotopic (exact) mass is 445 g/mol. The van der Waals surface area contributed by atoms with E-state index in [1.165, 1.54) is 17.0 Å². The van der Waals surface area contributed by atoms with E-state index in [1.807, 2.05) is 6.92 Å². The Labute approximate surface area is 185 Å². The molecule has 2 aromatic carbocycles. The van der Waals surface area contributed by atoms with Gasteiger partial charge >= 0.3 is 0 Å². The third kappa shape index (κ3) is 6.08. The first-order valence-corrected chi connectivity index (χ1v) is 10.7. The lowest BCUT2D eigenvalue weighted by atomic mass is 10.1. The van der Waals surface area contributed by atoms with E-state index in [-0.39, 0.29) is 23.6 Å². The smallest absolute Gasteiger partial charge is 0.293 e. The average Bonchev–Trinajstić information content (AvgIpc) is 3.02. The Morgan fingerprint density at radius 1 is 1.06 bits per heavy atom. The number of amides is 2. The van der Waals surface area contributed by atoms with Crippen molar-refractivity contribution in [2.45, 2.75) is 20.0 Å². The minimum atomic E-state index is -0.305. The maximum absolute atomic E-state index is 13.1. The normalized spacial score (nSPS) is 15.1. The number of nitrogens with zero attached hydrogens (tertiary/aromatic N) is 1. The number of imide groups is 1. The summed E-state index contributed by atoms with van der Waals surface area (Å²) in [7, 11) is 1.58. The lowest BCUT2D eigenvalue weighted by molar-refractivity contribution is -0.122. The molecule has 1 fully saturated rings. The van der Waals surface area contributed by atoms with Crippen molar-refractivity contribution in [3.63, 3.8) is 0 Å². The van der Waals surface area contributed by atoms with Crippen LogP contribution in [0.3, 0.4) is 0 Å². The van der Waals surface area contributed by atoms with Gasteiger partial charge in [0.15, 0.2) is 11.5 Å². The molecule has 1 aliphatic rings. The number of carbonyl (C=O) groups excluding carboxylic acids is 2. The number of rotatable bonds is 10. The molecule has 0 aliphatic carbocycles. The standard InChI is InChI=1S/C23H24FNO5S/c1-3-29-20-13-17(7-10-19(20)30-15-16-5-8-18(24)9-6-16)14-21-22(26)25(23(27)31-21)11-4-12-28-2/h5-10,13-14H,3-4,11-12,15H2,1-2H3/b21-14+. The van der Waals surface area contributed by atoms with Crippen molar-refractivity contribution < 1.29 is 28.2 Å². The summed E-state index contributed by atoms with van der Waals surface area (Å²) < 4.78 is 29.6. The second-order valence-electron chi connectivity index (χ2n) is 6.73. The predicted molar refractivity (Wildman–Crippen MR) is 118 cm³/mol. The van der Waals surface area contributed by atoms with Crippen LogP contribution in [0.2, 0.25) is 0 Å². The van der Waals surface area contributed by atoms with E-state index in [0.717, 1.165) is 22.9 Å². The van der Waals surface area contributed by atoms with Crippen LogP contribution in [0.15, 0.2) is 47.4 Å². The predicted octanol–water partition coefficient (Wildman–Crippen LogP) is 4.88. The topological polar surface area (TPSA) is 65.1 Å². The zero-order chi connectivity index (χ0) is 22.2. The molecule has 2 amide bonds. The highest BCUT2D eigenvalue weighted by molar-refractivity contribution is 8.18. The average molecular weight is 446 g/mol. The lowest BCUT2D eigenvalue weighted by Gasteiger charge is -2.13. The Morgan fingerprint density at radius 3 is 2.55 bits per heavy atom. The van der Waals surface area contributed by atoms with E-state index in [9.17, 15) is 14.0 Å². The first-order valence-electron chi connectivity index (χ1n) is 9.90. The molecule has 31 heavy (non-hydrogen) atoms. The summed E-state index contributed by atoms with van der Waals surface area (Å²) in [6, 6.07) is 11.4. The summed E-state index contributed by atoms with van der Waals surface area (Å²) in [4.78, 5) is 26.3. The van der Waals surface area contributed by atoms with E-state index in [0.29, 0.717) is 42.6 Å². The van der Waals surface area contributed by atoms with Crippen molar-refractivity contribution in [3.8, 4) is 11.5 Å². The van der Waals surface area contributed by atoms with E-state index < -0.39 is 0 Å². The Kier molecular flexibility index (Phi) is 8.08. The molecule has 0 spiro atoms. The zero-order valence-corrected chi connectivity index (χ0v) is 18.2. The highest BCUT2D eigenvalue weighted by Gasteiger charge is 2.34. The minimum Gasteiger partial charge on any atom is -0.490 e. The van der Waals surface area contributed by atoms with Gasteiger partial charge in [0.05, 0.1) is 11.5 Å². The van der Waals surface area contributed by atoms with Crippen molar-refractivity contribution in [2.75, 3.05) is 26.9 Å². The molecule has 0 aromatic heterocycles. The van der Waals surface area contributed by atoms with Gasteiger partial charge in [-0.3, -0.25) is 14.5 Å². The molecule has 0 atom stereocenters. The Bertz CT molecular complexity index is 961. The molecule has 0 N–H and O–H groups in total. The second kappa shape index (κ2) is 11.0. The molecule has 0 saturated carbocycles. The highest BCUT2D eigenvalue weighted by atomic mass is 32.2. The largest absolute Gasteiger partial charge is 0.490 e. The Morgan fingerprint density at radius 2 is 1.84 bits per heavy atom. The summed E-state index contributed by atoms with van der Waals surface area (Å²) in [6.45, 7) is 3.38. The number of thioether (sulfide) groups is 1. The van der Waals surface area contributed by atoms with Crippen LogP contribution in [0.25, 0.3) is 6.08 Å². The van der Waals surface area contributed by atoms with Gasteiger partial charge in [-0.15, -0.1) is 0 Å². The SMILES string of the molecule is CCOc1cc(/C=C2/SC(=O)N(CCCOC)C2=O)ccc1OCc1ccc(F)cc1. The van der Waals surface area contributed by atoms with Gasteiger partial charge in [-0.05, 0) is 66.6 Å². The van der Waals surface area contributed by atoms with Crippen molar-refractivity contribution in [1.82, 2.24) is 4.90 Å². The van der Waals surface area contributed by atoms with E-state index in [1.54, 1.807) is 43.5 Å². The van der Waals surface area contributed by atoms with E-state index in [4.69, 9.17) is 14.2 Å².